The highest BCUT2D eigenvalue weighted by molar-refractivity contribution is 7.99. The molecule has 1 N–H and O–H groups in total. The number of nitrogens with one attached hydrogen (secondary N) is 1. The molecule has 1 aliphatic rings. The van der Waals surface area contributed by atoms with Gasteiger partial charge < -0.3 is 5.32 Å². The summed E-state index contributed by atoms with van der Waals surface area (Å²) in [7, 11) is 0. The zero-order chi connectivity index (χ0) is 10.7. The van der Waals surface area contributed by atoms with Crippen LogP contribution in [0.1, 0.15) is 19.4 Å². The Morgan fingerprint density at radius 2 is 2.07 bits per heavy atom. The Balaban J connectivity index is 1.95. The molecule has 2 heteroatoms. The fourth-order valence-corrected chi connectivity index (χ4v) is 3.30. The smallest absolute Gasteiger partial charge is 0.0218 e. The van der Waals surface area contributed by atoms with E-state index < -0.39 is 0 Å². The molecular formula is C13H19NS. The minimum atomic E-state index is 0.294. The van der Waals surface area contributed by atoms with Crippen LogP contribution in [-0.4, -0.2) is 23.1 Å². The van der Waals surface area contributed by atoms with E-state index in [0.717, 1.165) is 6.42 Å². The molecule has 1 nitrogen and oxygen atoms in total. The van der Waals surface area contributed by atoms with Crippen LogP contribution in [-0.2, 0) is 6.42 Å². The largest absolute Gasteiger partial charge is 0.307 e. The molecule has 0 saturated carbocycles. The highest BCUT2D eigenvalue weighted by Gasteiger charge is 2.27. The van der Waals surface area contributed by atoms with Gasteiger partial charge in [-0.3, -0.25) is 0 Å². The summed E-state index contributed by atoms with van der Waals surface area (Å²) in [6, 6.07) is 11.4. The molecule has 0 aromatic heterocycles. The predicted molar refractivity (Wildman–Crippen MR) is 68.5 cm³/mol. The van der Waals surface area contributed by atoms with Crippen LogP contribution < -0.4 is 5.32 Å². The van der Waals surface area contributed by atoms with Gasteiger partial charge in [-0.05, 0) is 25.8 Å². The zero-order valence-electron chi connectivity index (χ0n) is 9.49. The molecule has 1 aromatic rings. The van der Waals surface area contributed by atoms with E-state index in [4.69, 9.17) is 0 Å². The Hall–Kier alpha value is -0.470. The molecule has 1 unspecified atom stereocenters. The number of rotatable bonds is 2. The summed E-state index contributed by atoms with van der Waals surface area (Å²) in [5, 5.41) is 3.72. The van der Waals surface area contributed by atoms with Crippen LogP contribution in [0.4, 0.5) is 0 Å². The number of hydrogen-bond acceptors (Lipinski definition) is 2. The Kier molecular flexibility index (Phi) is 3.37. The second-order valence-corrected chi connectivity index (χ2v) is 5.96. The summed E-state index contributed by atoms with van der Waals surface area (Å²) in [5.41, 5.74) is 1.73. The van der Waals surface area contributed by atoms with E-state index in [1.807, 2.05) is 0 Å². The molecule has 1 heterocycles. The summed E-state index contributed by atoms with van der Waals surface area (Å²) in [6.07, 6.45) is 1.15. The van der Waals surface area contributed by atoms with E-state index in [2.05, 4.69) is 61.3 Å². The summed E-state index contributed by atoms with van der Waals surface area (Å²) >= 11 is 2.07. The molecule has 15 heavy (non-hydrogen) atoms. The topological polar surface area (TPSA) is 12.0 Å². The molecule has 1 saturated heterocycles. The van der Waals surface area contributed by atoms with E-state index >= 15 is 0 Å². The van der Waals surface area contributed by atoms with Gasteiger partial charge in [-0.1, -0.05) is 30.3 Å². The zero-order valence-corrected chi connectivity index (χ0v) is 10.3. The van der Waals surface area contributed by atoms with Crippen molar-refractivity contribution in [1.29, 1.82) is 0 Å². The molecule has 0 spiro atoms. The maximum absolute atomic E-state index is 3.72. The van der Waals surface area contributed by atoms with Crippen molar-refractivity contribution in [2.45, 2.75) is 31.8 Å². The monoisotopic (exact) mass is 221 g/mol. The lowest BCUT2D eigenvalue weighted by Crippen LogP contribution is -2.53. The third-order valence-corrected chi connectivity index (χ3v) is 4.27. The standard InChI is InChI=1S/C13H19NS/c1-13(2)10-15-9-12(14-13)8-11-6-4-3-5-7-11/h3-7,12,14H,8-10H2,1-2H3. The maximum Gasteiger partial charge on any atom is 0.0218 e. The first-order chi connectivity index (χ1) is 7.16. The normalized spacial score (nSPS) is 25.1. The molecule has 1 atom stereocenters. The fourth-order valence-electron chi connectivity index (χ4n) is 2.10. The Labute approximate surface area is 96.7 Å². The van der Waals surface area contributed by atoms with Gasteiger partial charge in [0, 0.05) is 23.1 Å². The predicted octanol–water partition coefficient (Wildman–Crippen LogP) is 2.71. The Morgan fingerprint density at radius 3 is 2.73 bits per heavy atom. The van der Waals surface area contributed by atoms with Gasteiger partial charge >= 0.3 is 0 Å². The van der Waals surface area contributed by atoms with E-state index in [1.165, 1.54) is 17.1 Å². The van der Waals surface area contributed by atoms with Gasteiger partial charge in [0.05, 0.1) is 0 Å². The van der Waals surface area contributed by atoms with Gasteiger partial charge in [0.25, 0.3) is 0 Å². The van der Waals surface area contributed by atoms with E-state index in [9.17, 15) is 0 Å². The second-order valence-electron chi connectivity index (χ2n) is 4.93. The first-order valence-corrected chi connectivity index (χ1v) is 6.71. The van der Waals surface area contributed by atoms with Crippen LogP contribution in [0.5, 0.6) is 0 Å². The molecule has 0 radical (unpaired) electrons. The lowest BCUT2D eigenvalue weighted by molar-refractivity contribution is 0.369. The molecular weight excluding hydrogens is 202 g/mol. The van der Waals surface area contributed by atoms with E-state index in [-0.39, 0.29) is 0 Å². The summed E-state index contributed by atoms with van der Waals surface area (Å²) in [4.78, 5) is 0. The van der Waals surface area contributed by atoms with Crippen molar-refractivity contribution in [3.8, 4) is 0 Å². The third kappa shape index (κ3) is 3.25. The summed E-state index contributed by atoms with van der Waals surface area (Å²) < 4.78 is 0. The average Bonchev–Trinajstić information content (AvgIpc) is 2.17. The van der Waals surface area contributed by atoms with Crippen molar-refractivity contribution in [2.24, 2.45) is 0 Å². The minimum Gasteiger partial charge on any atom is -0.307 e. The average molecular weight is 221 g/mol. The molecule has 1 fully saturated rings. The van der Waals surface area contributed by atoms with Crippen molar-refractivity contribution in [1.82, 2.24) is 5.32 Å². The quantitative estimate of drug-likeness (QED) is 0.824. The maximum atomic E-state index is 3.72. The van der Waals surface area contributed by atoms with Gasteiger partial charge in [0.15, 0.2) is 0 Å². The minimum absolute atomic E-state index is 0.294. The summed E-state index contributed by atoms with van der Waals surface area (Å²) in [5.74, 6) is 2.45. The van der Waals surface area contributed by atoms with Gasteiger partial charge in [-0.25, -0.2) is 0 Å². The first-order valence-electron chi connectivity index (χ1n) is 5.55. The number of benzene rings is 1. The van der Waals surface area contributed by atoms with E-state index in [1.54, 1.807) is 0 Å². The van der Waals surface area contributed by atoms with Gasteiger partial charge in [0.2, 0.25) is 0 Å². The SMILES string of the molecule is CC1(C)CSCC(Cc2ccccc2)N1. The lowest BCUT2D eigenvalue weighted by Gasteiger charge is -2.36. The molecule has 0 bridgehead atoms. The van der Waals surface area contributed by atoms with Crippen molar-refractivity contribution < 1.29 is 0 Å². The number of thioether (sulfide) groups is 1. The van der Waals surface area contributed by atoms with Crippen molar-refractivity contribution in [3.63, 3.8) is 0 Å². The highest BCUT2D eigenvalue weighted by Crippen LogP contribution is 2.22. The second kappa shape index (κ2) is 4.58. The third-order valence-electron chi connectivity index (χ3n) is 2.70. The summed E-state index contributed by atoms with van der Waals surface area (Å²) in [6.45, 7) is 4.58. The van der Waals surface area contributed by atoms with Gasteiger partial charge in [-0.2, -0.15) is 11.8 Å². The lowest BCUT2D eigenvalue weighted by atomic mass is 10.0. The molecule has 0 amide bonds. The van der Waals surface area contributed by atoms with E-state index in [0.29, 0.717) is 11.6 Å². The molecule has 1 aromatic carbocycles. The van der Waals surface area contributed by atoms with Crippen LogP contribution in [0.3, 0.4) is 0 Å². The van der Waals surface area contributed by atoms with Crippen molar-refractivity contribution in [3.05, 3.63) is 35.9 Å². The molecule has 2 rings (SSSR count). The highest BCUT2D eigenvalue weighted by atomic mass is 32.2. The van der Waals surface area contributed by atoms with Crippen molar-refractivity contribution in [2.75, 3.05) is 11.5 Å². The van der Waals surface area contributed by atoms with Gasteiger partial charge in [-0.15, -0.1) is 0 Å². The molecule has 82 valence electrons. The van der Waals surface area contributed by atoms with Crippen LogP contribution in [0.15, 0.2) is 30.3 Å². The number of hydrogen-bond donors (Lipinski definition) is 1. The van der Waals surface area contributed by atoms with Crippen LogP contribution in [0, 0.1) is 0 Å². The fraction of sp³-hybridized carbons (Fsp3) is 0.538. The van der Waals surface area contributed by atoms with Crippen LogP contribution >= 0.6 is 11.8 Å². The van der Waals surface area contributed by atoms with Crippen LogP contribution in [0.2, 0.25) is 0 Å². The Morgan fingerprint density at radius 1 is 1.33 bits per heavy atom. The molecule has 1 aliphatic heterocycles. The van der Waals surface area contributed by atoms with Gasteiger partial charge in [0.1, 0.15) is 0 Å². The first kappa shape index (κ1) is 11.0. The molecule has 0 aliphatic carbocycles. The Bertz CT molecular complexity index is 308. The van der Waals surface area contributed by atoms with Crippen LogP contribution in [0.25, 0.3) is 0 Å². The van der Waals surface area contributed by atoms with Crippen molar-refractivity contribution >= 4 is 11.8 Å².